The fraction of sp³-hybridized carbons (Fsp3) is 0.0732. The molecule has 0 atom stereocenters. The summed E-state index contributed by atoms with van der Waals surface area (Å²) in [4.78, 5) is 4.38. The second kappa shape index (κ2) is 19.6. The first-order valence-electron chi connectivity index (χ1n) is 29.7. The van der Waals surface area contributed by atoms with Crippen LogP contribution in [0.2, 0.25) is 0 Å². The van der Waals surface area contributed by atoms with Crippen LogP contribution in [0.5, 0.6) is 0 Å². The number of rotatable bonds is 10. The van der Waals surface area contributed by atoms with E-state index in [4.69, 9.17) is 0 Å². The van der Waals surface area contributed by atoms with Crippen molar-refractivity contribution >= 4 is 66.4 Å². The van der Waals surface area contributed by atoms with E-state index in [0.29, 0.717) is 11.4 Å². The number of hydrogen-bond donors (Lipinski definition) is 0. The van der Waals surface area contributed by atoms with Gasteiger partial charge in [0.1, 0.15) is 11.6 Å². The van der Waals surface area contributed by atoms with Gasteiger partial charge in [-0.15, -0.1) is 0 Å². The molecule has 86 heavy (non-hydrogen) atoms. The van der Waals surface area contributed by atoms with Crippen LogP contribution in [0.3, 0.4) is 0 Å². The molecule has 0 amide bonds. The summed E-state index contributed by atoms with van der Waals surface area (Å²) in [6.07, 6.45) is 0. The Balaban J connectivity index is 0.987. The molecule has 14 aromatic rings. The van der Waals surface area contributed by atoms with Crippen molar-refractivity contribution in [2.75, 3.05) is 9.80 Å². The quantitative estimate of drug-likeness (QED) is 0.126. The fourth-order valence-corrected chi connectivity index (χ4v) is 14.7. The Labute approximate surface area is 500 Å². The summed E-state index contributed by atoms with van der Waals surface area (Å²) in [6.45, 7) is 9.17. The molecule has 0 radical (unpaired) electrons. The van der Waals surface area contributed by atoms with Gasteiger partial charge in [0.2, 0.25) is 0 Å². The Kier molecular flexibility index (Phi) is 11.7. The molecule has 0 spiro atoms. The molecule has 2 nitrogen and oxygen atoms in total. The molecule has 14 aromatic carbocycles. The molecule has 0 aromatic heterocycles. The fourth-order valence-electron chi connectivity index (χ4n) is 14.7. The van der Waals surface area contributed by atoms with E-state index in [2.05, 4.69) is 232 Å². The van der Waals surface area contributed by atoms with E-state index in [1.54, 1.807) is 12.1 Å². The third-order valence-corrected chi connectivity index (χ3v) is 18.7. The van der Waals surface area contributed by atoms with Crippen LogP contribution in [0, 0.1) is 11.6 Å². The predicted molar refractivity (Wildman–Crippen MR) is 356 cm³/mol. The molecule has 0 unspecified atom stereocenters. The topological polar surface area (TPSA) is 6.48 Å². The molecule has 16 rings (SSSR count). The zero-order valence-corrected chi connectivity index (χ0v) is 48.2. The Morgan fingerprint density at radius 3 is 0.942 bits per heavy atom. The van der Waals surface area contributed by atoms with Gasteiger partial charge in [0, 0.05) is 32.7 Å². The molecular weight excluding hydrogens is 1050 g/mol. The summed E-state index contributed by atoms with van der Waals surface area (Å²) in [5, 5.41) is 6.08. The number of halogens is 2. The van der Waals surface area contributed by atoms with Crippen LogP contribution in [0.25, 0.3) is 99.1 Å². The standard InChI is InChI=1S/C82H58F2N2/c1-81(2)65-33-19-17-31-57(65)79-67(81)35-21-37-73(79)85(75-49-63(53-27-13-7-14-28-53)61(47-69(75)83)51-23-9-5-10-24-51)71-45-41-55-40-44-60-72(46-42-56-39-43-59(71)77(55)78(56)60)86(74-38-22-36-68-80(74)58-32-18-20-34-66(58)82(68,3)4)76-50-64(54-29-15-8-16-30-54)62(48-70(76)84)52-25-11-6-12-26-52/h5-50H,1-4H3. The molecule has 0 saturated heterocycles. The summed E-state index contributed by atoms with van der Waals surface area (Å²) in [5.41, 5.74) is 20.3. The lowest BCUT2D eigenvalue weighted by atomic mass is 9.82. The van der Waals surface area contributed by atoms with Gasteiger partial charge in [-0.2, -0.15) is 0 Å². The van der Waals surface area contributed by atoms with Gasteiger partial charge >= 0.3 is 0 Å². The number of benzene rings is 14. The van der Waals surface area contributed by atoms with Gasteiger partial charge in [-0.1, -0.05) is 258 Å². The van der Waals surface area contributed by atoms with Crippen LogP contribution in [-0.4, -0.2) is 0 Å². The van der Waals surface area contributed by atoms with Crippen LogP contribution in [0.15, 0.2) is 279 Å². The summed E-state index contributed by atoms with van der Waals surface area (Å²) in [6, 6.07) is 96.5. The molecule has 410 valence electrons. The zero-order chi connectivity index (χ0) is 58.0. The van der Waals surface area contributed by atoms with E-state index in [9.17, 15) is 0 Å². The average Bonchev–Trinajstić information content (AvgIpc) is 2.38. The minimum Gasteiger partial charge on any atom is -0.306 e. The number of fused-ring (bicyclic) bond motifs is 6. The van der Waals surface area contributed by atoms with Crippen LogP contribution < -0.4 is 9.80 Å². The molecule has 2 aliphatic carbocycles. The smallest absolute Gasteiger partial charge is 0.147 e. The van der Waals surface area contributed by atoms with Gasteiger partial charge in [0.05, 0.1) is 34.1 Å². The minimum atomic E-state index is -0.342. The SMILES string of the molecule is CC1(C)c2ccccc2-c2c(N(c3cc(-c4ccccc4)c(-c4ccccc4)cc3F)c3ccc4ccc5c(N(c6cc(-c7ccccc7)c(-c7ccccc7)cc6F)c6cccc7c6-c6ccccc6C7(C)C)ccc6ccc3c4c65)cccc21. The Bertz CT molecular complexity index is 4690. The van der Waals surface area contributed by atoms with Crippen molar-refractivity contribution in [3.8, 4) is 66.8 Å². The highest BCUT2D eigenvalue weighted by molar-refractivity contribution is 6.28. The van der Waals surface area contributed by atoms with Crippen molar-refractivity contribution < 1.29 is 8.78 Å². The van der Waals surface area contributed by atoms with E-state index in [1.807, 2.05) is 72.8 Å². The number of hydrogen-bond acceptors (Lipinski definition) is 2. The number of anilines is 6. The maximum Gasteiger partial charge on any atom is 0.147 e. The van der Waals surface area contributed by atoms with Gasteiger partial charge in [-0.25, -0.2) is 8.78 Å². The molecule has 0 fully saturated rings. The highest BCUT2D eigenvalue weighted by Crippen LogP contribution is 2.59. The zero-order valence-electron chi connectivity index (χ0n) is 48.2. The van der Waals surface area contributed by atoms with Crippen molar-refractivity contribution in [3.05, 3.63) is 313 Å². The first-order valence-corrected chi connectivity index (χ1v) is 29.7. The van der Waals surface area contributed by atoms with Crippen LogP contribution in [0.4, 0.5) is 42.9 Å². The van der Waals surface area contributed by atoms with Crippen molar-refractivity contribution in [2.45, 2.75) is 38.5 Å². The molecule has 4 heteroatoms. The van der Waals surface area contributed by atoms with Crippen molar-refractivity contribution in [1.82, 2.24) is 0 Å². The lowest BCUT2D eigenvalue weighted by Gasteiger charge is -2.32. The maximum atomic E-state index is 18.4. The second-order valence-electron chi connectivity index (χ2n) is 24.2. The highest BCUT2D eigenvalue weighted by atomic mass is 19.1. The maximum absolute atomic E-state index is 18.4. The van der Waals surface area contributed by atoms with Gasteiger partial charge in [0.15, 0.2) is 0 Å². The van der Waals surface area contributed by atoms with E-state index in [0.717, 1.165) is 122 Å². The van der Waals surface area contributed by atoms with Crippen molar-refractivity contribution in [3.63, 3.8) is 0 Å². The monoisotopic (exact) mass is 1110 g/mol. The third kappa shape index (κ3) is 7.75. The van der Waals surface area contributed by atoms with E-state index < -0.39 is 0 Å². The third-order valence-electron chi connectivity index (χ3n) is 18.7. The van der Waals surface area contributed by atoms with Crippen molar-refractivity contribution in [2.24, 2.45) is 0 Å². The summed E-state index contributed by atoms with van der Waals surface area (Å²) >= 11 is 0. The Hall–Kier alpha value is -10.4. The van der Waals surface area contributed by atoms with E-state index in [1.165, 1.54) is 22.3 Å². The van der Waals surface area contributed by atoms with Crippen molar-refractivity contribution in [1.29, 1.82) is 0 Å². The predicted octanol–water partition coefficient (Wildman–Crippen LogP) is 23.1. The summed E-state index contributed by atoms with van der Waals surface area (Å²) in [5.74, 6) is -0.684. The summed E-state index contributed by atoms with van der Waals surface area (Å²) in [7, 11) is 0. The number of nitrogens with zero attached hydrogens (tertiary/aromatic N) is 2. The lowest BCUT2D eigenvalue weighted by Crippen LogP contribution is -2.17. The first-order chi connectivity index (χ1) is 42.0. The van der Waals surface area contributed by atoms with E-state index in [-0.39, 0.29) is 22.5 Å². The Morgan fingerprint density at radius 1 is 0.256 bits per heavy atom. The molecule has 2 aliphatic rings. The van der Waals surface area contributed by atoms with Crippen LogP contribution in [0.1, 0.15) is 49.9 Å². The normalized spacial score (nSPS) is 13.4. The minimum absolute atomic E-state index is 0.316. The van der Waals surface area contributed by atoms with E-state index >= 15 is 8.78 Å². The Morgan fingerprint density at radius 2 is 0.570 bits per heavy atom. The largest absolute Gasteiger partial charge is 0.306 e. The lowest BCUT2D eigenvalue weighted by molar-refractivity contribution is 0.629. The molecular formula is C82H58F2N2. The highest BCUT2D eigenvalue weighted by Gasteiger charge is 2.40. The molecule has 0 bridgehead atoms. The molecule has 0 aliphatic heterocycles. The average molecular weight is 1110 g/mol. The molecule has 0 N–H and O–H groups in total. The van der Waals surface area contributed by atoms with Crippen LogP contribution >= 0.6 is 0 Å². The van der Waals surface area contributed by atoms with Gasteiger partial charge in [-0.3, -0.25) is 0 Å². The molecule has 0 saturated carbocycles. The first kappa shape index (κ1) is 51.2. The van der Waals surface area contributed by atoms with Gasteiger partial charge in [-0.05, 0) is 148 Å². The van der Waals surface area contributed by atoms with Gasteiger partial charge < -0.3 is 9.80 Å². The van der Waals surface area contributed by atoms with Crippen LogP contribution in [-0.2, 0) is 10.8 Å². The van der Waals surface area contributed by atoms with Gasteiger partial charge in [0.25, 0.3) is 0 Å². The second-order valence-corrected chi connectivity index (χ2v) is 24.2. The summed E-state index contributed by atoms with van der Waals surface area (Å²) < 4.78 is 36.7. The molecule has 0 heterocycles.